The van der Waals surface area contributed by atoms with Gasteiger partial charge in [0.2, 0.25) is 0 Å². The Kier molecular flexibility index (Phi) is 12.0. The topological polar surface area (TPSA) is 9.72 Å². The highest BCUT2D eigenvalue weighted by molar-refractivity contribution is 7.00. The predicted molar refractivity (Wildman–Crippen MR) is 361 cm³/mol. The summed E-state index contributed by atoms with van der Waals surface area (Å²) in [6, 6.07) is 74.2. The second-order valence-electron chi connectivity index (χ2n) is 30.1. The number of fused-ring (bicyclic) bond motifs is 9. The average molecular weight is 1100 g/mol. The minimum absolute atomic E-state index is 0.0419. The van der Waals surface area contributed by atoms with Crippen LogP contribution in [0.2, 0.25) is 0 Å². The third kappa shape index (κ3) is 7.90. The van der Waals surface area contributed by atoms with Crippen LogP contribution in [0.3, 0.4) is 0 Å². The van der Waals surface area contributed by atoms with Crippen LogP contribution >= 0.6 is 0 Å². The highest BCUT2D eigenvalue weighted by atomic mass is 15.3. The van der Waals surface area contributed by atoms with E-state index >= 15 is 0 Å². The Labute approximate surface area is 502 Å². The smallest absolute Gasteiger partial charge is 0.252 e. The molecule has 0 spiro atoms. The molecule has 0 radical (unpaired) electrons. The van der Waals surface area contributed by atoms with Crippen molar-refractivity contribution < 1.29 is 0 Å². The van der Waals surface area contributed by atoms with Crippen LogP contribution in [0.1, 0.15) is 174 Å². The van der Waals surface area contributed by atoms with Gasteiger partial charge in [-0.05, 0) is 163 Å². The highest BCUT2D eigenvalue weighted by Gasteiger charge is 2.58. The van der Waals surface area contributed by atoms with Crippen molar-refractivity contribution in [2.75, 3.05) is 14.7 Å². The first-order valence-electron chi connectivity index (χ1n) is 31.3. The number of benzene rings is 9. The molecule has 5 aliphatic rings. The SMILES string of the molecule is CC(C)(C)c1ccc2c(c1)B1c3cc4c(cc3N(c3ccc(C(C)(C)C)cc3-c3ccccc3)c3cc(N5c6ccccc6C6(C)CCCCC56C)cc(c31)N2c1ccc(C(C)(C)C)cc1-c1ccccc1)C(C)(C)c1ccccc1C4(C)C. The standard InChI is InChI=1S/C80H84BN3/c1-74(2,3)53-36-39-66(57(44-53)51-28-18-16-19-29-51)82-69-41-38-55(76(7,8)9)46-64(69)81-65-49-62-63(78(12,13)60-33-23-22-32-59(60)77(62,10)11)50-70(65)83(67-40-37-54(75(4,5)6)45-58(67)52-30-20-17-21-31-52)72-48-56(47-71(82)73(72)81)84-68-35-25-24-34-61(68)79(14)42-26-27-43-80(79,84)15/h16-25,28-41,44-50H,26-27,42-43H2,1-15H3. The number of para-hydroxylation sites is 1. The van der Waals surface area contributed by atoms with E-state index in [2.05, 4.69) is 307 Å². The molecule has 1 saturated carbocycles. The van der Waals surface area contributed by atoms with Gasteiger partial charge in [0.1, 0.15) is 0 Å². The fraction of sp³-hybridized carbons (Fsp3) is 0.325. The lowest BCUT2D eigenvalue weighted by Crippen LogP contribution is -2.62. The Hall–Kier alpha value is -7.56. The van der Waals surface area contributed by atoms with Crippen LogP contribution in [-0.4, -0.2) is 12.3 Å². The molecular weight excluding hydrogens is 1010 g/mol. The van der Waals surface area contributed by atoms with Crippen molar-refractivity contribution in [2.24, 2.45) is 0 Å². The molecule has 3 heterocycles. The van der Waals surface area contributed by atoms with E-state index in [0.29, 0.717) is 0 Å². The molecular formula is C80H84BN3. The zero-order valence-electron chi connectivity index (χ0n) is 52.6. The van der Waals surface area contributed by atoms with Gasteiger partial charge in [-0.25, -0.2) is 0 Å². The number of nitrogens with zero attached hydrogens (tertiary/aromatic N) is 3. The van der Waals surface area contributed by atoms with Gasteiger partial charge >= 0.3 is 0 Å². The van der Waals surface area contributed by atoms with Crippen LogP contribution in [0.15, 0.2) is 188 Å². The predicted octanol–water partition coefficient (Wildman–Crippen LogP) is 19.7. The van der Waals surface area contributed by atoms with Crippen molar-refractivity contribution >= 4 is 68.6 Å². The normalized spacial score (nSPS) is 19.8. The van der Waals surface area contributed by atoms with E-state index in [0.717, 1.165) is 12.8 Å². The maximum atomic E-state index is 2.83. The summed E-state index contributed by atoms with van der Waals surface area (Å²) in [6.45, 7) is 36.2. The van der Waals surface area contributed by atoms with E-state index in [-0.39, 0.29) is 44.7 Å². The summed E-state index contributed by atoms with van der Waals surface area (Å²) in [5.41, 5.74) is 29.0. The zero-order valence-corrected chi connectivity index (χ0v) is 52.6. The summed E-state index contributed by atoms with van der Waals surface area (Å²) in [4.78, 5) is 8.30. The molecule has 2 aliphatic carbocycles. The van der Waals surface area contributed by atoms with Gasteiger partial charge < -0.3 is 14.7 Å². The Morgan fingerprint density at radius 1 is 0.357 bits per heavy atom. The van der Waals surface area contributed by atoms with Gasteiger partial charge in [-0.2, -0.15) is 0 Å². The van der Waals surface area contributed by atoms with Gasteiger partial charge in [0.15, 0.2) is 0 Å². The molecule has 14 rings (SSSR count). The Bertz CT molecular complexity index is 4150. The fourth-order valence-electron chi connectivity index (χ4n) is 16.2. The van der Waals surface area contributed by atoms with Crippen molar-refractivity contribution in [1.29, 1.82) is 0 Å². The summed E-state index contributed by atoms with van der Waals surface area (Å²) in [7, 11) is 0. The second kappa shape index (κ2) is 18.5. The first-order chi connectivity index (χ1) is 39.8. The Morgan fingerprint density at radius 3 is 1.31 bits per heavy atom. The third-order valence-corrected chi connectivity index (χ3v) is 21.3. The van der Waals surface area contributed by atoms with Crippen LogP contribution in [0.25, 0.3) is 22.3 Å². The van der Waals surface area contributed by atoms with Crippen LogP contribution in [0.4, 0.5) is 45.5 Å². The molecule has 84 heavy (non-hydrogen) atoms. The Morgan fingerprint density at radius 2 is 0.786 bits per heavy atom. The average Bonchev–Trinajstić information content (AvgIpc) is 0.994. The summed E-state index contributed by atoms with van der Waals surface area (Å²) < 4.78 is 0. The van der Waals surface area contributed by atoms with E-state index < -0.39 is 0 Å². The monoisotopic (exact) mass is 1100 g/mol. The molecule has 2 unspecified atom stereocenters. The molecule has 0 aromatic heterocycles. The van der Waals surface area contributed by atoms with Crippen LogP contribution in [0, 0.1) is 0 Å². The van der Waals surface area contributed by atoms with E-state index in [1.54, 1.807) is 0 Å². The molecule has 3 aliphatic heterocycles. The molecule has 1 fully saturated rings. The van der Waals surface area contributed by atoms with Crippen molar-refractivity contribution in [3.05, 3.63) is 233 Å². The molecule has 3 nitrogen and oxygen atoms in total. The Balaban J connectivity index is 1.18. The number of hydrogen-bond acceptors (Lipinski definition) is 3. The summed E-state index contributed by atoms with van der Waals surface area (Å²) in [6.07, 6.45) is 4.71. The molecule has 422 valence electrons. The molecule has 0 saturated heterocycles. The van der Waals surface area contributed by atoms with E-state index in [4.69, 9.17) is 0 Å². The molecule has 0 N–H and O–H groups in total. The first kappa shape index (κ1) is 54.4. The van der Waals surface area contributed by atoms with Gasteiger partial charge in [-0.3, -0.25) is 0 Å². The molecule has 2 atom stereocenters. The molecule has 4 heteroatoms. The van der Waals surface area contributed by atoms with Crippen LogP contribution < -0.4 is 31.1 Å². The van der Waals surface area contributed by atoms with E-state index in [1.165, 1.54) is 141 Å². The van der Waals surface area contributed by atoms with Gasteiger partial charge in [-0.15, -0.1) is 0 Å². The molecule has 0 amide bonds. The number of hydrogen-bond donors (Lipinski definition) is 0. The number of rotatable bonds is 5. The zero-order chi connectivity index (χ0) is 58.8. The quantitative estimate of drug-likeness (QED) is 0.159. The lowest BCUT2D eigenvalue weighted by atomic mass is 9.33. The first-order valence-corrected chi connectivity index (χ1v) is 31.3. The van der Waals surface area contributed by atoms with Gasteiger partial charge in [0, 0.05) is 61.5 Å². The summed E-state index contributed by atoms with van der Waals surface area (Å²) in [5, 5.41) is 0. The van der Waals surface area contributed by atoms with Crippen molar-refractivity contribution in [2.45, 2.75) is 168 Å². The van der Waals surface area contributed by atoms with Gasteiger partial charge in [-0.1, -0.05) is 243 Å². The number of anilines is 8. The molecule has 9 aromatic carbocycles. The largest absolute Gasteiger partial charge is 0.334 e. The molecule has 9 aromatic rings. The van der Waals surface area contributed by atoms with E-state index in [1.807, 2.05) is 0 Å². The van der Waals surface area contributed by atoms with E-state index in [9.17, 15) is 0 Å². The second-order valence-corrected chi connectivity index (χ2v) is 30.1. The minimum atomic E-state index is -0.277. The lowest BCUT2D eigenvalue weighted by Gasteiger charge is -2.51. The van der Waals surface area contributed by atoms with Crippen LogP contribution in [-0.2, 0) is 32.5 Å². The maximum Gasteiger partial charge on any atom is 0.252 e. The minimum Gasteiger partial charge on any atom is -0.334 e. The van der Waals surface area contributed by atoms with Crippen molar-refractivity contribution in [3.63, 3.8) is 0 Å². The van der Waals surface area contributed by atoms with Crippen LogP contribution in [0.5, 0.6) is 0 Å². The summed E-state index contributed by atoms with van der Waals surface area (Å²) in [5.74, 6) is 0. The molecule has 0 bridgehead atoms. The highest BCUT2D eigenvalue weighted by Crippen LogP contribution is 2.62. The van der Waals surface area contributed by atoms with Crippen molar-refractivity contribution in [3.8, 4) is 22.3 Å². The van der Waals surface area contributed by atoms with Gasteiger partial charge in [0.25, 0.3) is 6.71 Å². The lowest BCUT2D eigenvalue weighted by molar-refractivity contribution is 0.195. The third-order valence-electron chi connectivity index (χ3n) is 21.3. The van der Waals surface area contributed by atoms with Crippen molar-refractivity contribution in [1.82, 2.24) is 0 Å². The maximum absolute atomic E-state index is 2.83. The summed E-state index contributed by atoms with van der Waals surface area (Å²) >= 11 is 0. The fourth-order valence-corrected chi connectivity index (χ4v) is 16.2. The van der Waals surface area contributed by atoms with Gasteiger partial charge in [0.05, 0.1) is 16.9 Å².